The summed E-state index contributed by atoms with van der Waals surface area (Å²) in [5.74, 6) is -4.13. The van der Waals surface area contributed by atoms with Crippen molar-refractivity contribution >= 4 is 34.3 Å². The summed E-state index contributed by atoms with van der Waals surface area (Å²) < 4.78 is 77.3. The molecule has 10 heteroatoms. The van der Waals surface area contributed by atoms with Crippen molar-refractivity contribution in [2.24, 2.45) is 0 Å². The van der Waals surface area contributed by atoms with E-state index in [2.05, 4.69) is 10.6 Å². The molecule has 0 fully saturated rings. The van der Waals surface area contributed by atoms with Gasteiger partial charge < -0.3 is 10.6 Å². The van der Waals surface area contributed by atoms with Crippen molar-refractivity contribution in [3.8, 4) is 0 Å². The zero-order chi connectivity index (χ0) is 26.3. The molecule has 36 heavy (non-hydrogen) atoms. The van der Waals surface area contributed by atoms with E-state index in [1.807, 2.05) is 0 Å². The number of rotatable bonds is 8. The molecule has 0 aliphatic heterocycles. The fourth-order valence-electron chi connectivity index (χ4n) is 3.03. The summed E-state index contributed by atoms with van der Waals surface area (Å²) in [6.07, 6.45) is -9.31. The summed E-state index contributed by atoms with van der Waals surface area (Å²) in [5.41, 5.74) is 0.796. The highest BCUT2D eigenvalue weighted by molar-refractivity contribution is 6.03. The lowest BCUT2D eigenvalue weighted by molar-refractivity contribution is -0.165. The summed E-state index contributed by atoms with van der Waals surface area (Å²) in [4.78, 5) is 23.2. The van der Waals surface area contributed by atoms with Crippen LogP contribution in [0.2, 0.25) is 0 Å². The number of carbonyl (C=O) groups excluding carboxylic acids is 2. The Hall–Kier alpha value is -4.34. The van der Waals surface area contributed by atoms with Crippen LogP contribution >= 0.6 is 0 Å². The Morgan fingerprint density at radius 1 is 0.556 bits per heavy atom. The van der Waals surface area contributed by atoms with Crippen LogP contribution in [0.15, 0.2) is 97.1 Å². The number of benzene rings is 3. The number of anilines is 2. The second-order valence-corrected chi connectivity index (χ2v) is 7.40. The van der Waals surface area contributed by atoms with Crippen LogP contribution in [-0.2, 0) is 9.59 Å². The third-order valence-corrected chi connectivity index (χ3v) is 4.70. The summed E-state index contributed by atoms with van der Waals surface area (Å²) in [5, 5.41) is 5.50. The van der Waals surface area contributed by atoms with E-state index in [1.54, 1.807) is 36.4 Å². The number of halogens is 6. The predicted octanol–water partition coefficient (Wildman–Crippen LogP) is 6.86. The van der Waals surface area contributed by atoms with Crippen molar-refractivity contribution in [3.05, 3.63) is 108 Å². The van der Waals surface area contributed by atoms with Crippen LogP contribution in [0, 0.1) is 0 Å². The first-order valence-electron chi connectivity index (χ1n) is 10.3. The fourth-order valence-corrected chi connectivity index (χ4v) is 3.03. The maximum Gasteiger partial charge on any atom is 0.454 e. The van der Waals surface area contributed by atoms with Gasteiger partial charge in [-0.05, 0) is 29.3 Å². The maximum atomic E-state index is 12.9. The van der Waals surface area contributed by atoms with Crippen molar-refractivity contribution in [3.63, 3.8) is 0 Å². The van der Waals surface area contributed by atoms with Gasteiger partial charge in [0.15, 0.2) is 0 Å². The Kier molecular flexibility index (Phi) is 7.98. The van der Waals surface area contributed by atoms with Crippen LogP contribution in [0.25, 0.3) is 11.4 Å². The molecule has 3 aromatic carbocycles. The average Bonchev–Trinajstić information content (AvgIpc) is 2.83. The number of ketones is 2. The van der Waals surface area contributed by atoms with E-state index in [9.17, 15) is 35.9 Å². The van der Waals surface area contributed by atoms with Gasteiger partial charge in [0.05, 0.1) is 0 Å². The SMILES string of the molecule is O=C(/C=C(/Nc1cccc(N/C(=C/C(=O)C(F)(F)F)c2ccccc2)c1)c1ccccc1)C(F)(F)F. The third-order valence-electron chi connectivity index (χ3n) is 4.70. The van der Waals surface area contributed by atoms with Crippen molar-refractivity contribution in [2.75, 3.05) is 10.6 Å². The molecule has 0 atom stereocenters. The quantitative estimate of drug-likeness (QED) is 0.260. The zero-order valence-corrected chi connectivity index (χ0v) is 18.3. The molecule has 0 saturated heterocycles. The minimum Gasteiger partial charge on any atom is -0.355 e. The van der Waals surface area contributed by atoms with Gasteiger partial charge in [-0.1, -0.05) is 66.7 Å². The molecule has 2 N–H and O–H groups in total. The van der Waals surface area contributed by atoms with E-state index in [0.717, 1.165) is 0 Å². The summed E-state index contributed by atoms with van der Waals surface area (Å²) in [6.45, 7) is 0. The molecule has 0 saturated carbocycles. The van der Waals surface area contributed by atoms with Gasteiger partial charge in [-0.2, -0.15) is 26.3 Å². The number of nitrogens with one attached hydrogen (secondary N) is 2. The Morgan fingerprint density at radius 3 is 1.25 bits per heavy atom. The Labute approximate surface area is 202 Å². The molecule has 0 aromatic heterocycles. The van der Waals surface area contributed by atoms with Gasteiger partial charge in [0.25, 0.3) is 11.6 Å². The van der Waals surface area contributed by atoms with Crippen LogP contribution < -0.4 is 10.6 Å². The highest BCUT2D eigenvalue weighted by Gasteiger charge is 2.37. The van der Waals surface area contributed by atoms with E-state index in [4.69, 9.17) is 0 Å². The van der Waals surface area contributed by atoms with E-state index >= 15 is 0 Å². The molecule has 0 aliphatic carbocycles. The molecule has 0 amide bonds. The third kappa shape index (κ3) is 7.33. The number of allylic oxidation sites excluding steroid dienone is 2. The first-order chi connectivity index (χ1) is 16.9. The van der Waals surface area contributed by atoms with E-state index in [-0.39, 0.29) is 22.8 Å². The average molecular weight is 504 g/mol. The molecule has 0 heterocycles. The van der Waals surface area contributed by atoms with Gasteiger partial charge in [-0.25, -0.2) is 0 Å². The molecular weight excluding hydrogens is 486 g/mol. The van der Waals surface area contributed by atoms with Gasteiger partial charge in [-0.15, -0.1) is 0 Å². The van der Waals surface area contributed by atoms with Gasteiger partial charge in [0.1, 0.15) is 0 Å². The predicted molar refractivity (Wildman–Crippen MR) is 125 cm³/mol. The molecule has 0 unspecified atom stereocenters. The molecule has 0 radical (unpaired) electrons. The molecule has 3 aromatic rings. The monoisotopic (exact) mass is 504 g/mol. The Morgan fingerprint density at radius 2 is 0.917 bits per heavy atom. The van der Waals surface area contributed by atoms with E-state index in [1.165, 1.54) is 48.5 Å². The summed E-state index contributed by atoms with van der Waals surface area (Å²) in [7, 11) is 0. The molecule has 186 valence electrons. The lowest BCUT2D eigenvalue weighted by Crippen LogP contribution is -2.21. The fraction of sp³-hybridized carbons (Fsp3) is 0.0769. The minimum atomic E-state index is -5.08. The number of alkyl halides is 6. The van der Waals surface area contributed by atoms with E-state index < -0.39 is 23.9 Å². The first kappa shape index (κ1) is 26.3. The summed E-state index contributed by atoms with van der Waals surface area (Å²) in [6, 6.07) is 21.5. The largest absolute Gasteiger partial charge is 0.454 e. The Bertz CT molecular complexity index is 1180. The van der Waals surface area contributed by atoms with Crippen molar-refractivity contribution in [1.29, 1.82) is 0 Å². The van der Waals surface area contributed by atoms with Crippen LogP contribution in [0.3, 0.4) is 0 Å². The normalized spacial score (nSPS) is 12.7. The number of hydrogen-bond acceptors (Lipinski definition) is 4. The molecular formula is C26H18F6N2O2. The zero-order valence-electron chi connectivity index (χ0n) is 18.3. The van der Waals surface area contributed by atoms with Gasteiger partial charge in [0.2, 0.25) is 0 Å². The molecule has 0 aliphatic rings. The highest BCUT2D eigenvalue weighted by atomic mass is 19.4. The standard InChI is InChI=1S/C26H18F6N2O2/c27-25(28,29)23(35)15-21(17-8-3-1-4-9-17)33-19-12-7-13-20(14-19)34-22(16-24(36)26(30,31)32)18-10-5-2-6-11-18/h1-16,33-34H/b21-15+,22-16+. The second-order valence-electron chi connectivity index (χ2n) is 7.40. The lowest BCUT2D eigenvalue weighted by atomic mass is 10.1. The minimum absolute atomic E-state index is 0.138. The van der Waals surface area contributed by atoms with E-state index in [0.29, 0.717) is 23.3 Å². The van der Waals surface area contributed by atoms with Gasteiger partial charge in [0, 0.05) is 34.9 Å². The van der Waals surface area contributed by atoms with Crippen LogP contribution in [-0.4, -0.2) is 23.9 Å². The van der Waals surface area contributed by atoms with Crippen LogP contribution in [0.5, 0.6) is 0 Å². The van der Waals surface area contributed by atoms with Crippen LogP contribution in [0.4, 0.5) is 37.7 Å². The van der Waals surface area contributed by atoms with Crippen molar-refractivity contribution < 1.29 is 35.9 Å². The molecule has 0 spiro atoms. The molecule has 0 bridgehead atoms. The van der Waals surface area contributed by atoms with Crippen LogP contribution in [0.1, 0.15) is 11.1 Å². The highest BCUT2D eigenvalue weighted by Crippen LogP contribution is 2.27. The number of carbonyl (C=O) groups is 2. The number of hydrogen-bond donors (Lipinski definition) is 2. The Balaban J connectivity index is 1.95. The lowest BCUT2D eigenvalue weighted by Gasteiger charge is -2.15. The second kappa shape index (κ2) is 10.9. The maximum absolute atomic E-state index is 12.9. The topological polar surface area (TPSA) is 58.2 Å². The van der Waals surface area contributed by atoms with Crippen molar-refractivity contribution in [1.82, 2.24) is 0 Å². The van der Waals surface area contributed by atoms with Gasteiger partial charge >= 0.3 is 12.4 Å². The summed E-state index contributed by atoms with van der Waals surface area (Å²) >= 11 is 0. The molecule has 3 rings (SSSR count). The van der Waals surface area contributed by atoms with Gasteiger partial charge in [-0.3, -0.25) is 9.59 Å². The van der Waals surface area contributed by atoms with Crippen molar-refractivity contribution in [2.45, 2.75) is 12.4 Å². The smallest absolute Gasteiger partial charge is 0.355 e. The molecule has 4 nitrogen and oxygen atoms in total. The first-order valence-corrected chi connectivity index (χ1v) is 10.3.